The highest BCUT2D eigenvalue weighted by Crippen LogP contribution is 2.22. The second-order valence-electron chi connectivity index (χ2n) is 6.11. The highest BCUT2D eigenvalue weighted by Gasteiger charge is 2.23. The van der Waals surface area contributed by atoms with E-state index in [1.807, 2.05) is 51.1 Å². The van der Waals surface area contributed by atoms with E-state index in [2.05, 4.69) is 10.3 Å². The van der Waals surface area contributed by atoms with E-state index in [1.165, 1.54) is 0 Å². The number of benzene rings is 1. The lowest BCUT2D eigenvalue weighted by Gasteiger charge is -2.24. The molecule has 0 saturated heterocycles. The molecule has 1 aromatic carbocycles. The first-order valence-corrected chi connectivity index (χ1v) is 7.83. The van der Waals surface area contributed by atoms with Crippen molar-refractivity contribution < 1.29 is 13.9 Å². The van der Waals surface area contributed by atoms with E-state index in [4.69, 9.17) is 9.15 Å². The number of nitrogens with one attached hydrogen (secondary N) is 1. The number of oxazole rings is 1. The van der Waals surface area contributed by atoms with Gasteiger partial charge in [0.25, 0.3) is 0 Å². The summed E-state index contributed by atoms with van der Waals surface area (Å²) in [6, 6.07) is 9.80. The Bertz CT molecular complexity index is 648. The Morgan fingerprint density at radius 2 is 2.00 bits per heavy atom. The second kappa shape index (κ2) is 7.42. The monoisotopic (exact) mass is 316 g/mol. The van der Waals surface area contributed by atoms with Crippen LogP contribution in [0.4, 0.5) is 0 Å². The van der Waals surface area contributed by atoms with Gasteiger partial charge in [-0.25, -0.2) is 4.98 Å². The first-order chi connectivity index (χ1) is 10.9. The average Bonchev–Trinajstić information content (AvgIpc) is 2.87. The maximum Gasteiger partial charge on any atom is 0.307 e. The van der Waals surface area contributed by atoms with E-state index in [0.29, 0.717) is 25.5 Å². The summed E-state index contributed by atoms with van der Waals surface area (Å²) < 4.78 is 10.9. The molecule has 23 heavy (non-hydrogen) atoms. The number of ether oxygens (including phenoxy) is 1. The van der Waals surface area contributed by atoms with Gasteiger partial charge in [-0.2, -0.15) is 0 Å². The zero-order valence-electron chi connectivity index (χ0n) is 14.2. The van der Waals surface area contributed by atoms with Gasteiger partial charge in [0, 0.05) is 11.1 Å². The number of carbonyl (C=O) groups excluding carboxylic acids is 1. The van der Waals surface area contributed by atoms with E-state index in [0.717, 1.165) is 17.0 Å². The van der Waals surface area contributed by atoms with Gasteiger partial charge in [-0.1, -0.05) is 18.2 Å². The molecule has 0 aliphatic heterocycles. The molecule has 5 heteroatoms. The third-order valence-corrected chi connectivity index (χ3v) is 3.53. The van der Waals surface area contributed by atoms with E-state index in [9.17, 15) is 4.79 Å². The average molecular weight is 316 g/mol. The summed E-state index contributed by atoms with van der Waals surface area (Å²) in [6.45, 7) is 8.57. The molecule has 0 fully saturated rings. The summed E-state index contributed by atoms with van der Waals surface area (Å²) in [5, 5.41) is 3.34. The lowest BCUT2D eigenvalue weighted by molar-refractivity contribution is -0.144. The second-order valence-corrected chi connectivity index (χ2v) is 6.11. The van der Waals surface area contributed by atoms with Crippen LogP contribution in [0.5, 0.6) is 0 Å². The van der Waals surface area contributed by atoms with Crippen LogP contribution < -0.4 is 5.32 Å². The Morgan fingerprint density at radius 1 is 1.30 bits per heavy atom. The Hall–Kier alpha value is -2.14. The van der Waals surface area contributed by atoms with Crippen LogP contribution in [0, 0.1) is 6.92 Å². The summed E-state index contributed by atoms with van der Waals surface area (Å²) >= 11 is 0. The van der Waals surface area contributed by atoms with Crippen LogP contribution >= 0.6 is 0 Å². The number of hydrogen-bond acceptors (Lipinski definition) is 5. The fourth-order valence-electron chi connectivity index (χ4n) is 2.25. The van der Waals surface area contributed by atoms with Crippen molar-refractivity contribution >= 4 is 5.97 Å². The predicted molar refractivity (Wildman–Crippen MR) is 88.8 cm³/mol. The van der Waals surface area contributed by atoms with Crippen molar-refractivity contribution in [1.82, 2.24) is 10.3 Å². The van der Waals surface area contributed by atoms with Gasteiger partial charge in [0.1, 0.15) is 5.76 Å². The lowest BCUT2D eigenvalue weighted by Crippen LogP contribution is -2.41. The van der Waals surface area contributed by atoms with Gasteiger partial charge in [0.2, 0.25) is 5.89 Å². The number of nitrogens with zero attached hydrogens (tertiary/aromatic N) is 1. The molecule has 1 N–H and O–H groups in total. The smallest absolute Gasteiger partial charge is 0.307 e. The quantitative estimate of drug-likeness (QED) is 0.792. The Balaban J connectivity index is 2.01. The lowest BCUT2D eigenvalue weighted by atomic mass is 10.0. The molecule has 0 aliphatic rings. The van der Waals surface area contributed by atoms with Crippen molar-refractivity contribution in [2.24, 2.45) is 0 Å². The molecule has 5 nitrogen and oxygen atoms in total. The molecule has 2 rings (SSSR count). The van der Waals surface area contributed by atoms with Crippen LogP contribution in [0.2, 0.25) is 0 Å². The van der Waals surface area contributed by atoms with Crippen LogP contribution in [-0.2, 0) is 16.1 Å². The van der Waals surface area contributed by atoms with Crippen LogP contribution in [0.1, 0.15) is 38.6 Å². The van der Waals surface area contributed by atoms with Crippen molar-refractivity contribution in [3.05, 3.63) is 41.8 Å². The maximum atomic E-state index is 11.6. The van der Waals surface area contributed by atoms with Crippen LogP contribution in [0.3, 0.4) is 0 Å². The predicted octanol–water partition coefficient (Wildman–Crippen LogP) is 3.47. The van der Waals surface area contributed by atoms with Gasteiger partial charge >= 0.3 is 5.97 Å². The number of rotatable bonds is 7. The molecular weight excluding hydrogens is 292 g/mol. The number of carbonyl (C=O) groups is 1. The summed E-state index contributed by atoms with van der Waals surface area (Å²) in [5.41, 5.74) is 1.43. The molecule has 2 aromatic rings. The summed E-state index contributed by atoms with van der Waals surface area (Å²) in [7, 11) is 0. The zero-order valence-corrected chi connectivity index (χ0v) is 14.2. The normalized spacial score (nSPS) is 11.5. The molecule has 0 amide bonds. The van der Waals surface area contributed by atoms with Gasteiger partial charge in [-0.05, 0) is 39.8 Å². The number of aryl methyl sites for hydroxylation is 1. The SMILES string of the molecule is CCOC(=O)CC(C)(C)NCc1oc(-c2ccccc2)nc1C. The standard InChI is InChI=1S/C18H24N2O3/c1-5-22-16(21)11-18(3,4)19-12-15-13(2)20-17(23-15)14-9-7-6-8-10-14/h6-10,19H,5,11-12H2,1-4H3. The van der Waals surface area contributed by atoms with Gasteiger partial charge in [0.15, 0.2) is 0 Å². The topological polar surface area (TPSA) is 64.4 Å². The van der Waals surface area contributed by atoms with Gasteiger partial charge in [-0.3, -0.25) is 4.79 Å². The van der Waals surface area contributed by atoms with Crippen LogP contribution in [0.25, 0.3) is 11.5 Å². The van der Waals surface area contributed by atoms with Crippen molar-refractivity contribution in [3.8, 4) is 11.5 Å². The molecule has 1 heterocycles. The number of esters is 1. The number of aromatic nitrogens is 1. The van der Waals surface area contributed by atoms with E-state index in [1.54, 1.807) is 6.92 Å². The zero-order chi connectivity index (χ0) is 16.9. The van der Waals surface area contributed by atoms with Gasteiger partial charge < -0.3 is 14.5 Å². The summed E-state index contributed by atoms with van der Waals surface area (Å²) in [6.07, 6.45) is 0.305. The van der Waals surface area contributed by atoms with E-state index < -0.39 is 0 Å². The first kappa shape index (κ1) is 17.2. The van der Waals surface area contributed by atoms with Crippen molar-refractivity contribution in [2.45, 2.75) is 46.2 Å². The van der Waals surface area contributed by atoms with Crippen molar-refractivity contribution in [3.63, 3.8) is 0 Å². The third-order valence-electron chi connectivity index (χ3n) is 3.53. The molecular formula is C18H24N2O3. The van der Waals surface area contributed by atoms with E-state index in [-0.39, 0.29) is 11.5 Å². The fourth-order valence-corrected chi connectivity index (χ4v) is 2.25. The largest absolute Gasteiger partial charge is 0.466 e. The molecule has 124 valence electrons. The van der Waals surface area contributed by atoms with Gasteiger partial charge in [0.05, 0.1) is 25.3 Å². The van der Waals surface area contributed by atoms with Crippen molar-refractivity contribution in [1.29, 1.82) is 0 Å². The minimum atomic E-state index is -0.377. The Morgan fingerprint density at radius 3 is 2.65 bits per heavy atom. The first-order valence-electron chi connectivity index (χ1n) is 7.83. The Labute approximate surface area is 137 Å². The maximum absolute atomic E-state index is 11.6. The minimum Gasteiger partial charge on any atom is -0.466 e. The van der Waals surface area contributed by atoms with Crippen molar-refractivity contribution in [2.75, 3.05) is 6.61 Å². The molecule has 0 spiro atoms. The highest BCUT2D eigenvalue weighted by atomic mass is 16.5. The molecule has 0 unspecified atom stereocenters. The molecule has 0 aliphatic carbocycles. The van der Waals surface area contributed by atoms with Crippen LogP contribution in [-0.4, -0.2) is 23.1 Å². The van der Waals surface area contributed by atoms with Crippen LogP contribution in [0.15, 0.2) is 34.7 Å². The minimum absolute atomic E-state index is 0.204. The van der Waals surface area contributed by atoms with Gasteiger partial charge in [-0.15, -0.1) is 0 Å². The molecule has 0 bridgehead atoms. The molecule has 1 aromatic heterocycles. The molecule has 0 saturated carbocycles. The number of hydrogen-bond donors (Lipinski definition) is 1. The Kier molecular flexibility index (Phi) is 5.55. The molecule has 0 radical (unpaired) electrons. The fraction of sp³-hybridized carbons (Fsp3) is 0.444. The molecule has 0 atom stereocenters. The summed E-state index contributed by atoms with van der Waals surface area (Å²) in [4.78, 5) is 16.1. The van der Waals surface area contributed by atoms with E-state index >= 15 is 0 Å². The highest BCUT2D eigenvalue weighted by molar-refractivity contribution is 5.70. The third kappa shape index (κ3) is 4.93. The summed E-state index contributed by atoms with van der Waals surface area (Å²) in [5.74, 6) is 1.19.